The highest BCUT2D eigenvalue weighted by Gasteiger charge is 2.06. The van der Waals surface area contributed by atoms with Gasteiger partial charge in [0.2, 0.25) is 0 Å². The lowest BCUT2D eigenvalue weighted by Crippen LogP contribution is -2.42. The van der Waals surface area contributed by atoms with Gasteiger partial charge in [-0.3, -0.25) is 11.3 Å². The van der Waals surface area contributed by atoms with Crippen molar-refractivity contribution in [3.63, 3.8) is 0 Å². The monoisotopic (exact) mass is 173 g/mol. The molecule has 0 fully saturated rings. The lowest BCUT2D eigenvalue weighted by molar-refractivity contribution is 0.323. The number of hydrogen-bond acceptors (Lipinski definition) is 3. The molecule has 0 aliphatic heterocycles. The van der Waals surface area contributed by atoms with Crippen LogP contribution in [0.2, 0.25) is 0 Å². The minimum absolute atomic E-state index is 0.451. The molecule has 3 heteroatoms. The van der Waals surface area contributed by atoms with Crippen LogP contribution >= 0.6 is 0 Å². The Hall–Kier alpha value is -0.120. The van der Waals surface area contributed by atoms with Crippen LogP contribution in [0.3, 0.4) is 0 Å². The van der Waals surface area contributed by atoms with Crippen molar-refractivity contribution in [2.24, 2.45) is 5.84 Å². The summed E-state index contributed by atoms with van der Waals surface area (Å²) in [6, 6.07) is 0.451. The van der Waals surface area contributed by atoms with Gasteiger partial charge >= 0.3 is 0 Å². The van der Waals surface area contributed by atoms with Crippen LogP contribution in [0, 0.1) is 0 Å². The average molecular weight is 173 g/mol. The number of nitrogens with one attached hydrogen (secondary N) is 1. The van der Waals surface area contributed by atoms with Crippen LogP contribution in [0.1, 0.15) is 32.6 Å². The van der Waals surface area contributed by atoms with Gasteiger partial charge in [0.1, 0.15) is 0 Å². The SMILES string of the molecule is CCCCCC(CN(C)C)NN. The molecule has 0 aliphatic rings. The predicted octanol–water partition coefficient (Wildman–Crippen LogP) is 0.960. The first kappa shape index (κ1) is 11.9. The van der Waals surface area contributed by atoms with Crippen LogP contribution < -0.4 is 11.3 Å². The van der Waals surface area contributed by atoms with E-state index in [0.717, 1.165) is 6.54 Å². The molecule has 0 saturated heterocycles. The molecular formula is C9H23N3. The van der Waals surface area contributed by atoms with Crippen molar-refractivity contribution in [3.05, 3.63) is 0 Å². The van der Waals surface area contributed by atoms with Crippen molar-refractivity contribution in [1.29, 1.82) is 0 Å². The molecule has 12 heavy (non-hydrogen) atoms. The van der Waals surface area contributed by atoms with Crippen LogP contribution in [0.25, 0.3) is 0 Å². The first-order valence-electron chi connectivity index (χ1n) is 4.81. The molecule has 74 valence electrons. The Bertz CT molecular complexity index is 93.8. The molecule has 0 aromatic rings. The van der Waals surface area contributed by atoms with Gasteiger partial charge in [-0.2, -0.15) is 0 Å². The molecule has 0 spiro atoms. The van der Waals surface area contributed by atoms with E-state index in [1.165, 1.54) is 25.7 Å². The highest BCUT2D eigenvalue weighted by atomic mass is 15.3. The van der Waals surface area contributed by atoms with Crippen molar-refractivity contribution >= 4 is 0 Å². The molecule has 0 aromatic carbocycles. The molecule has 0 aliphatic carbocycles. The Labute approximate surface area is 76.3 Å². The molecule has 1 atom stereocenters. The Morgan fingerprint density at radius 2 is 2.00 bits per heavy atom. The standard InChI is InChI=1S/C9H23N3/c1-4-5-6-7-9(11-10)8-12(2)3/h9,11H,4-8,10H2,1-3H3. The zero-order chi connectivity index (χ0) is 9.40. The Kier molecular flexibility index (Phi) is 7.45. The van der Waals surface area contributed by atoms with Crippen LogP contribution in [0.15, 0.2) is 0 Å². The van der Waals surface area contributed by atoms with E-state index in [9.17, 15) is 0 Å². The van der Waals surface area contributed by atoms with E-state index >= 15 is 0 Å². The van der Waals surface area contributed by atoms with Crippen molar-refractivity contribution in [1.82, 2.24) is 10.3 Å². The Morgan fingerprint density at radius 3 is 2.42 bits per heavy atom. The Balaban J connectivity index is 3.39. The molecule has 0 heterocycles. The van der Waals surface area contributed by atoms with Gasteiger partial charge in [0, 0.05) is 12.6 Å². The molecule has 0 bridgehead atoms. The number of likely N-dealkylation sites (N-methyl/N-ethyl adjacent to an activating group) is 1. The highest BCUT2D eigenvalue weighted by molar-refractivity contribution is 4.65. The number of unbranched alkanes of at least 4 members (excludes halogenated alkanes) is 2. The molecule has 3 nitrogen and oxygen atoms in total. The van der Waals surface area contributed by atoms with Crippen molar-refractivity contribution in [2.75, 3.05) is 20.6 Å². The number of hydrogen-bond donors (Lipinski definition) is 2. The second-order valence-corrected chi connectivity index (χ2v) is 3.62. The fraction of sp³-hybridized carbons (Fsp3) is 1.00. The van der Waals surface area contributed by atoms with Gasteiger partial charge in [0.25, 0.3) is 0 Å². The summed E-state index contributed by atoms with van der Waals surface area (Å²) < 4.78 is 0. The third-order valence-corrected chi connectivity index (χ3v) is 1.98. The number of nitrogens with two attached hydrogens (primary N) is 1. The lowest BCUT2D eigenvalue weighted by Gasteiger charge is -2.19. The van der Waals surface area contributed by atoms with Crippen molar-refractivity contribution < 1.29 is 0 Å². The second-order valence-electron chi connectivity index (χ2n) is 3.62. The van der Waals surface area contributed by atoms with E-state index in [-0.39, 0.29) is 0 Å². The van der Waals surface area contributed by atoms with Gasteiger partial charge in [-0.1, -0.05) is 26.2 Å². The highest BCUT2D eigenvalue weighted by Crippen LogP contribution is 2.03. The van der Waals surface area contributed by atoms with Crippen LogP contribution in [-0.4, -0.2) is 31.6 Å². The zero-order valence-corrected chi connectivity index (χ0v) is 8.64. The van der Waals surface area contributed by atoms with Gasteiger partial charge in [-0.15, -0.1) is 0 Å². The maximum Gasteiger partial charge on any atom is 0.0337 e. The summed E-state index contributed by atoms with van der Waals surface area (Å²) in [4.78, 5) is 2.16. The maximum absolute atomic E-state index is 5.43. The maximum atomic E-state index is 5.43. The summed E-state index contributed by atoms with van der Waals surface area (Å²) in [5.41, 5.74) is 2.85. The summed E-state index contributed by atoms with van der Waals surface area (Å²) in [6.07, 6.45) is 5.05. The van der Waals surface area contributed by atoms with Crippen molar-refractivity contribution in [2.45, 2.75) is 38.6 Å². The fourth-order valence-corrected chi connectivity index (χ4v) is 1.31. The first-order chi connectivity index (χ1) is 5.70. The zero-order valence-electron chi connectivity index (χ0n) is 8.64. The molecule has 1 unspecified atom stereocenters. The molecule has 3 N–H and O–H groups in total. The van der Waals surface area contributed by atoms with E-state index in [2.05, 4.69) is 31.3 Å². The summed E-state index contributed by atoms with van der Waals surface area (Å²) in [5, 5.41) is 0. The minimum atomic E-state index is 0.451. The summed E-state index contributed by atoms with van der Waals surface area (Å²) >= 11 is 0. The largest absolute Gasteiger partial charge is 0.308 e. The fourth-order valence-electron chi connectivity index (χ4n) is 1.31. The smallest absolute Gasteiger partial charge is 0.0337 e. The minimum Gasteiger partial charge on any atom is -0.308 e. The molecule has 0 aromatic heterocycles. The normalized spacial score (nSPS) is 13.8. The topological polar surface area (TPSA) is 41.3 Å². The summed E-state index contributed by atoms with van der Waals surface area (Å²) in [5.74, 6) is 5.43. The van der Waals surface area contributed by atoms with Crippen LogP contribution in [0.5, 0.6) is 0 Å². The third kappa shape index (κ3) is 6.58. The van der Waals surface area contributed by atoms with Gasteiger partial charge in [-0.05, 0) is 20.5 Å². The Morgan fingerprint density at radius 1 is 1.33 bits per heavy atom. The average Bonchev–Trinajstić information content (AvgIpc) is 2.02. The first-order valence-corrected chi connectivity index (χ1v) is 4.81. The number of nitrogens with zero attached hydrogens (tertiary/aromatic N) is 1. The second kappa shape index (κ2) is 7.53. The predicted molar refractivity (Wildman–Crippen MR) is 53.8 cm³/mol. The van der Waals surface area contributed by atoms with Gasteiger partial charge in [0.15, 0.2) is 0 Å². The number of hydrazine groups is 1. The quantitative estimate of drug-likeness (QED) is 0.342. The van der Waals surface area contributed by atoms with Gasteiger partial charge in [0.05, 0.1) is 0 Å². The van der Waals surface area contributed by atoms with E-state index in [1.54, 1.807) is 0 Å². The lowest BCUT2D eigenvalue weighted by atomic mass is 10.1. The van der Waals surface area contributed by atoms with Crippen LogP contribution in [-0.2, 0) is 0 Å². The van der Waals surface area contributed by atoms with Gasteiger partial charge < -0.3 is 4.90 Å². The summed E-state index contributed by atoms with van der Waals surface area (Å²) in [6.45, 7) is 3.25. The van der Waals surface area contributed by atoms with Gasteiger partial charge in [-0.25, -0.2) is 0 Å². The molecule has 0 amide bonds. The third-order valence-electron chi connectivity index (χ3n) is 1.98. The molecule has 0 rings (SSSR count). The van der Waals surface area contributed by atoms with Crippen LogP contribution in [0.4, 0.5) is 0 Å². The molecule has 0 radical (unpaired) electrons. The van der Waals surface area contributed by atoms with E-state index in [0.29, 0.717) is 6.04 Å². The van der Waals surface area contributed by atoms with E-state index in [1.807, 2.05) is 0 Å². The molecule has 0 saturated carbocycles. The van der Waals surface area contributed by atoms with E-state index in [4.69, 9.17) is 5.84 Å². The number of rotatable bonds is 7. The van der Waals surface area contributed by atoms with E-state index < -0.39 is 0 Å². The molecular weight excluding hydrogens is 150 g/mol. The van der Waals surface area contributed by atoms with Crippen molar-refractivity contribution in [3.8, 4) is 0 Å². The summed E-state index contributed by atoms with van der Waals surface area (Å²) in [7, 11) is 4.15.